The van der Waals surface area contributed by atoms with Crippen molar-refractivity contribution >= 4 is 16.9 Å². The van der Waals surface area contributed by atoms with Gasteiger partial charge in [0.05, 0.1) is 6.61 Å². The van der Waals surface area contributed by atoms with E-state index in [1.807, 2.05) is 6.20 Å². The summed E-state index contributed by atoms with van der Waals surface area (Å²) in [4.78, 5) is 4.07. The predicted molar refractivity (Wildman–Crippen MR) is 82.0 cm³/mol. The number of aliphatic imine (C=N–C) groups is 1. The van der Waals surface area contributed by atoms with E-state index >= 15 is 0 Å². The lowest BCUT2D eigenvalue weighted by Crippen LogP contribution is -2.10. The van der Waals surface area contributed by atoms with Gasteiger partial charge in [0.2, 0.25) is 0 Å². The van der Waals surface area contributed by atoms with E-state index in [-0.39, 0.29) is 12.2 Å². The Balaban J connectivity index is 1.61. The van der Waals surface area contributed by atoms with Crippen molar-refractivity contribution in [3.05, 3.63) is 47.2 Å². The minimum absolute atomic E-state index is 0.100. The maximum atomic E-state index is 13.4. The molecule has 0 atom stereocenters. The number of rotatable bonds is 7. The molecule has 0 radical (unpaired) electrons. The summed E-state index contributed by atoms with van der Waals surface area (Å²) in [5, 5.41) is 0.610. The van der Waals surface area contributed by atoms with Crippen LogP contribution in [0.15, 0.2) is 35.0 Å². The number of amidine groups is 1. The summed E-state index contributed by atoms with van der Waals surface area (Å²) >= 11 is 1.55. The molecule has 1 aliphatic rings. The summed E-state index contributed by atoms with van der Waals surface area (Å²) in [5.74, 6) is -0.764. The van der Waals surface area contributed by atoms with Gasteiger partial charge in [-0.2, -0.15) is 0 Å². The van der Waals surface area contributed by atoms with Gasteiger partial charge in [-0.15, -0.1) is 0 Å². The molecule has 114 valence electrons. The van der Waals surface area contributed by atoms with Crippen LogP contribution in [0.5, 0.6) is 0 Å². The van der Waals surface area contributed by atoms with Crippen LogP contribution >= 0.6 is 11.8 Å². The van der Waals surface area contributed by atoms with Gasteiger partial charge in [-0.05, 0) is 30.9 Å². The number of thioether (sulfide) groups is 1. The van der Waals surface area contributed by atoms with Crippen molar-refractivity contribution in [1.29, 1.82) is 0 Å². The average Bonchev–Trinajstić information content (AvgIpc) is 2.49. The smallest absolute Gasteiger partial charge is 0.164 e. The Morgan fingerprint density at radius 3 is 2.90 bits per heavy atom. The lowest BCUT2D eigenvalue weighted by molar-refractivity contribution is 0.114. The van der Waals surface area contributed by atoms with E-state index < -0.39 is 11.6 Å². The summed E-state index contributed by atoms with van der Waals surface area (Å²) in [6.07, 6.45) is 4.64. The van der Waals surface area contributed by atoms with E-state index in [4.69, 9.17) is 10.5 Å². The molecule has 2 rings (SSSR count). The van der Waals surface area contributed by atoms with Crippen LogP contribution in [0.1, 0.15) is 24.8 Å². The number of benzene rings is 1. The van der Waals surface area contributed by atoms with E-state index in [1.54, 1.807) is 11.8 Å². The fourth-order valence-corrected chi connectivity index (χ4v) is 2.61. The zero-order valence-electron chi connectivity index (χ0n) is 11.6. The minimum atomic E-state index is -0.835. The van der Waals surface area contributed by atoms with Gasteiger partial charge in [-0.1, -0.05) is 23.9 Å². The Kier molecular flexibility index (Phi) is 6.20. The van der Waals surface area contributed by atoms with Gasteiger partial charge < -0.3 is 10.5 Å². The van der Waals surface area contributed by atoms with Crippen molar-refractivity contribution in [3.8, 4) is 0 Å². The first-order valence-electron chi connectivity index (χ1n) is 6.81. The topological polar surface area (TPSA) is 47.6 Å². The number of hydrogen-bond acceptors (Lipinski definition) is 4. The first-order chi connectivity index (χ1) is 10.2. The Labute approximate surface area is 127 Å². The van der Waals surface area contributed by atoms with Crippen LogP contribution in [-0.4, -0.2) is 17.5 Å². The molecule has 1 aromatic carbocycles. The van der Waals surface area contributed by atoms with E-state index in [0.717, 1.165) is 31.1 Å². The second kappa shape index (κ2) is 8.14. The van der Waals surface area contributed by atoms with Crippen molar-refractivity contribution in [2.24, 2.45) is 10.7 Å². The van der Waals surface area contributed by atoms with Gasteiger partial charge in [0.25, 0.3) is 0 Å². The molecule has 2 N–H and O–H groups in total. The zero-order chi connectivity index (χ0) is 15.1. The monoisotopic (exact) mass is 312 g/mol. The fraction of sp³-hybridized carbons (Fsp3) is 0.400. The molecule has 0 fully saturated rings. The zero-order valence-corrected chi connectivity index (χ0v) is 12.5. The summed E-state index contributed by atoms with van der Waals surface area (Å²) < 4.78 is 31.7. The third-order valence-electron chi connectivity index (χ3n) is 3.11. The highest BCUT2D eigenvalue weighted by Gasteiger charge is 2.08. The van der Waals surface area contributed by atoms with Crippen molar-refractivity contribution in [1.82, 2.24) is 0 Å². The number of nitrogens with two attached hydrogens (primary N) is 1. The molecule has 1 heterocycles. The average molecular weight is 312 g/mol. The predicted octanol–water partition coefficient (Wildman–Crippen LogP) is 3.60. The van der Waals surface area contributed by atoms with Crippen molar-refractivity contribution in [2.45, 2.75) is 25.9 Å². The molecular weight excluding hydrogens is 294 g/mol. The molecule has 0 saturated heterocycles. The first-order valence-corrected chi connectivity index (χ1v) is 7.80. The SMILES string of the molecule is NC1=NC=C(CCCCOCc2cccc(F)c2F)CS1. The number of ether oxygens (including phenoxy) is 1. The van der Waals surface area contributed by atoms with Crippen LogP contribution in [0, 0.1) is 11.6 Å². The Morgan fingerprint density at radius 2 is 2.14 bits per heavy atom. The maximum Gasteiger partial charge on any atom is 0.164 e. The largest absolute Gasteiger partial charge is 0.378 e. The highest BCUT2D eigenvalue weighted by molar-refractivity contribution is 8.14. The van der Waals surface area contributed by atoms with Crippen molar-refractivity contribution in [3.63, 3.8) is 0 Å². The minimum Gasteiger partial charge on any atom is -0.378 e. The molecule has 6 heteroatoms. The maximum absolute atomic E-state index is 13.4. The van der Waals surface area contributed by atoms with E-state index in [0.29, 0.717) is 11.8 Å². The van der Waals surface area contributed by atoms with Gasteiger partial charge in [-0.3, -0.25) is 0 Å². The molecular formula is C15H18F2N2OS. The quantitative estimate of drug-likeness (QED) is 0.783. The molecule has 1 aromatic rings. The molecule has 0 aliphatic carbocycles. The Bertz CT molecular complexity index is 546. The van der Waals surface area contributed by atoms with Gasteiger partial charge in [-0.25, -0.2) is 13.8 Å². The molecule has 0 amide bonds. The van der Waals surface area contributed by atoms with E-state index in [1.165, 1.54) is 17.7 Å². The Hall–Kier alpha value is -1.40. The van der Waals surface area contributed by atoms with Gasteiger partial charge >= 0.3 is 0 Å². The molecule has 21 heavy (non-hydrogen) atoms. The second-order valence-corrected chi connectivity index (χ2v) is 5.76. The third-order valence-corrected chi connectivity index (χ3v) is 4.02. The number of nitrogens with zero attached hydrogens (tertiary/aromatic N) is 1. The molecule has 0 spiro atoms. The molecule has 0 bridgehead atoms. The van der Waals surface area contributed by atoms with Crippen LogP contribution in [0.25, 0.3) is 0 Å². The van der Waals surface area contributed by atoms with E-state index in [2.05, 4.69) is 4.99 Å². The van der Waals surface area contributed by atoms with Gasteiger partial charge in [0, 0.05) is 24.1 Å². The van der Waals surface area contributed by atoms with Gasteiger partial charge in [0.15, 0.2) is 16.8 Å². The van der Waals surface area contributed by atoms with Gasteiger partial charge in [0.1, 0.15) is 0 Å². The molecule has 0 aromatic heterocycles. The molecule has 3 nitrogen and oxygen atoms in total. The van der Waals surface area contributed by atoms with Crippen molar-refractivity contribution < 1.29 is 13.5 Å². The molecule has 0 saturated carbocycles. The number of hydrogen-bond donors (Lipinski definition) is 1. The lowest BCUT2D eigenvalue weighted by atomic mass is 10.1. The lowest BCUT2D eigenvalue weighted by Gasteiger charge is -2.10. The van der Waals surface area contributed by atoms with Crippen LogP contribution < -0.4 is 5.73 Å². The van der Waals surface area contributed by atoms with Crippen LogP contribution in [0.4, 0.5) is 8.78 Å². The normalized spacial score (nSPS) is 14.8. The standard InChI is InChI=1S/C15H18F2N2OS/c16-13-6-3-5-12(14(13)17)9-20-7-2-1-4-11-8-19-15(18)21-10-11/h3,5-6,8H,1-2,4,7,9-10H2,(H2,18,19). The summed E-state index contributed by atoms with van der Waals surface area (Å²) in [6, 6.07) is 4.12. The van der Waals surface area contributed by atoms with E-state index in [9.17, 15) is 8.78 Å². The van der Waals surface area contributed by atoms with Crippen molar-refractivity contribution in [2.75, 3.05) is 12.4 Å². The Morgan fingerprint density at radius 1 is 1.29 bits per heavy atom. The highest BCUT2D eigenvalue weighted by Crippen LogP contribution is 2.19. The molecule has 0 unspecified atom stereocenters. The molecule has 1 aliphatic heterocycles. The summed E-state index contributed by atoms with van der Waals surface area (Å²) in [7, 11) is 0. The van der Waals surface area contributed by atoms with Crippen LogP contribution in [0.3, 0.4) is 0 Å². The third kappa shape index (κ3) is 5.13. The summed E-state index contributed by atoms with van der Waals surface area (Å²) in [5.41, 5.74) is 7.09. The fourth-order valence-electron chi connectivity index (χ4n) is 1.93. The van der Waals surface area contributed by atoms with Crippen LogP contribution in [0.2, 0.25) is 0 Å². The van der Waals surface area contributed by atoms with Crippen LogP contribution in [-0.2, 0) is 11.3 Å². The number of halogens is 2. The number of unbranched alkanes of at least 4 members (excludes halogenated alkanes) is 1. The second-order valence-electron chi connectivity index (χ2n) is 4.77. The highest BCUT2D eigenvalue weighted by atomic mass is 32.2. The summed E-state index contributed by atoms with van der Waals surface area (Å²) in [6.45, 7) is 0.630. The first kappa shape index (κ1) is 16.0.